The number of hydrogen-bond donors (Lipinski definition) is 2. The number of nitrogens with one attached hydrogen (secondary N) is 2. The first-order valence-corrected chi connectivity index (χ1v) is 8.55. The summed E-state index contributed by atoms with van der Waals surface area (Å²) >= 11 is 5.98. The number of hydrogen-bond acceptors (Lipinski definition) is 3. The van der Waals surface area contributed by atoms with Gasteiger partial charge in [0, 0.05) is 13.1 Å². The zero-order valence-corrected chi connectivity index (χ0v) is 14.2. The standard InChI is InChI=1S/C17H24ClN3O2/c1-2-21-12-6-5-9-15(21)17(23)20-11-10-19-16(22)13-7-3-4-8-14(13)18/h3-4,7-8,15H,2,5-6,9-12H2,1H3,(H,19,22)(H,20,23)/t15-/m0/s1. The Kier molecular flexibility index (Phi) is 6.86. The quantitative estimate of drug-likeness (QED) is 0.781. The zero-order valence-electron chi connectivity index (χ0n) is 13.5. The number of rotatable bonds is 6. The minimum absolute atomic E-state index is 0.0342. The van der Waals surface area contributed by atoms with Crippen LogP contribution in [0.2, 0.25) is 5.02 Å². The molecule has 0 spiro atoms. The molecule has 2 N–H and O–H groups in total. The average molecular weight is 338 g/mol. The molecule has 1 atom stereocenters. The summed E-state index contributed by atoms with van der Waals surface area (Å²) in [7, 11) is 0. The predicted molar refractivity (Wildman–Crippen MR) is 91.7 cm³/mol. The molecule has 1 heterocycles. The Morgan fingerprint density at radius 1 is 1.22 bits per heavy atom. The Morgan fingerprint density at radius 3 is 2.70 bits per heavy atom. The lowest BCUT2D eigenvalue weighted by molar-refractivity contribution is -0.127. The maximum Gasteiger partial charge on any atom is 0.252 e. The third-order valence-corrected chi connectivity index (χ3v) is 4.48. The van der Waals surface area contributed by atoms with Crippen molar-refractivity contribution in [1.82, 2.24) is 15.5 Å². The first-order chi connectivity index (χ1) is 11.1. The van der Waals surface area contributed by atoms with Crippen molar-refractivity contribution in [1.29, 1.82) is 0 Å². The average Bonchev–Trinajstić information content (AvgIpc) is 2.58. The second kappa shape index (κ2) is 8.89. The van der Waals surface area contributed by atoms with Gasteiger partial charge >= 0.3 is 0 Å². The van der Waals surface area contributed by atoms with Gasteiger partial charge in [0.15, 0.2) is 0 Å². The number of likely N-dealkylation sites (N-methyl/N-ethyl adjacent to an activating group) is 1. The molecule has 0 aromatic heterocycles. The number of carbonyl (C=O) groups is 2. The molecule has 23 heavy (non-hydrogen) atoms. The molecule has 0 bridgehead atoms. The van der Waals surface area contributed by atoms with Gasteiger partial charge in [-0.15, -0.1) is 0 Å². The van der Waals surface area contributed by atoms with Gasteiger partial charge in [-0.3, -0.25) is 14.5 Å². The van der Waals surface area contributed by atoms with Gasteiger partial charge in [0.05, 0.1) is 16.6 Å². The molecule has 126 valence electrons. The van der Waals surface area contributed by atoms with Crippen molar-refractivity contribution in [3.8, 4) is 0 Å². The van der Waals surface area contributed by atoms with Crippen LogP contribution in [0.15, 0.2) is 24.3 Å². The van der Waals surface area contributed by atoms with Crippen molar-refractivity contribution < 1.29 is 9.59 Å². The summed E-state index contributed by atoms with van der Waals surface area (Å²) in [5.41, 5.74) is 0.449. The lowest BCUT2D eigenvalue weighted by Gasteiger charge is -2.33. The maximum absolute atomic E-state index is 12.2. The maximum atomic E-state index is 12.2. The smallest absolute Gasteiger partial charge is 0.252 e. The van der Waals surface area contributed by atoms with Crippen molar-refractivity contribution in [2.24, 2.45) is 0 Å². The number of amides is 2. The van der Waals surface area contributed by atoms with Crippen molar-refractivity contribution in [2.75, 3.05) is 26.2 Å². The van der Waals surface area contributed by atoms with Crippen molar-refractivity contribution >= 4 is 23.4 Å². The van der Waals surface area contributed by atoms with E-state index in [2.05, 4.69) is 22.5 Å². The van der Waals surface area contributed by atoms with Crippen LogP contribution in [0.5, 0.6) is 0 Å². The normalized spacial score (nSPS) is 18.4. The van der Waals surface area contributed by atoms with Crippen LogP contribution in [-0.2, 0) is 4.79 Å². The minimum Gasteiger partial charge on any atom is -0.353 e. The molecule has 5 nitrogen and oxygen atoms in total. The summed E-state index contributed by atoms with van der Waals surface area (Å²) in [5.74, 6) is -0.170. The molecular weight excluding hydrogens is 314 g/mol. The second-order valence-corrected chi connectivity index (χ2v) is 6.07. The third kappa shape index (κ3) is 4.94. The van der Waals surface area contributed by atoms with E-state index in [1.165, 1.54) is 0 Å². The van der Waals surface area contributed by atoms with Crippen LogP contribution in [0.4, 0.5) is 0 Å². The fraction of sp³-hybridized carbons (Fsp3) is 0.529. The molecule has 0 unspecified atom stereocenters. The number of piperidine rings is 1. The predicted octanol–water partition coefficient (Wildman–Crippen LogP) is 2.06. The number of halogens is 1. The van der Waals surface area contributed by atoms with Crippen LogP contribution in [0.3, 0.4) is 0 Å². The molecule has 0 aliphatic carbocycles. The molecule has 1 aliphatic rings. The monoisotopic (exact) mass is 337 g/mol. The highest BCUT2D eigenvalue weighted by Gasteiger charge is 2.26. The lowest BCUT2D eigenvalue weighted by Crippen LogP contribution is -2.50. The molecular formula is C17H24ClN3O2. The van der Waals surface area contributed by atoms with E-state index in [0.717, 1.165) is 32.4 Å². The first-order valence-electron chi connectivity index (χ1n) is 8.18. The largest absolute Gasteiger partial charge is 0.353 e. The highest BCUT2D eigenvalue weighted by molar-refractivity contribution is 6.33. The molecule has 6 heteroatoms. The Balaban J connectivity index is 1.73. The Bertz CT molecular complexity index is 550. The van der Waals surface area contributed by atoms with Gasteiger partial charge in [-0.2, -0.15) is 0 Å². The van der Waals surface area contributed by atoms with E-state index in [4.69, 9.17) is 11.6 Å². The van der Waals surface area contributed by atoms with Crippen molar-refractivity contribution in [2.45, 2.75) is 32.2 Å². The highest BCUT2D eigenvalue weighted by Crippen LogP contribution is 2.16. The van der Waals surface area contributed by atoms with Crippen LogP contribution < -0.4 is 10.6 Å². The first kappa shape index (κ1) is 17.8. The third-order valence-electron chi connectivity index (χ3n) is 4.15. The number of nitrogens with zero attached hydrogens (tertiary/aromatic N) is 1. The van der Waals surface area contributed by atoms with Crippen molar-refractivity contribution in [3.05, 3.63) is 34.9 Å². The van der Waals surface area contributed by atoms with Gasteiger partial charge in [-0.1, -0.05) is 37.1 Å². The number of carbonyl (C=O) groups excluding carboxylic acids is 2. The molecule has 1 aromatic rings. The molecule has 0 saturated carbocycles. The Hall–Kier alpha value is -1.59. The molecule has 1 fully saturated rings. The SMILES string of the molecule is CCN1CCCC[C@H]1C(=O)NCCNC(=O)c1ccccc1Cl. The van der Waals surface area contributed by atoms with E-state index in [9.17, 15) is 9.59 Å². The Labute approximate surface area is 142 Å². The van der Waals surface area contributed by atoms with Gasteiger partial charge in [0.1, 0.15) is 0 Å². The Morgan fingerprint density at radius 2 is 1.96 bits per heavy atom. The molecule has 1 aliphatic heterocycles. The van der Waals surface area contributed by atoms with E-state index >= 15 is 0 Å². The summed E-state index contributed by atoms with van der Waals surface area (Å²) in [6.07, 6.45) is 3.16. The molecule has 0 radical (unpaired) electrons. The van der Waals surface area contributed by atoms with Crippen LogP contribution in [-0.4, -0.2) is 48.9 Å². The fourth-order valence-electron chi connectivity index (χ4n) is 2.89. The molecule has 2 amide bonds. The van der Waals surface area contributed by atoms with Gasteiger partial charge < -0.3 is 10.6 Å². The lowest BCUT2D eigenvalue weighted by atomic mass is 10.0. The van der Waals surface area contributed by atoms with E-state index in [-0.39, 0.29) is 17.9 Å². The summed E-state index contributed by atoms with van der Waals surface area (Å²) in [6.45, 7) is 4.76. The van der Waals surface area contributed by atoms with Gasteiger partial charge in [-0.05, 0) is 38.1 Å². The number of benzene rings is 1. The van der Waals surface area contributed by atoms with Gasteiger partial charge in [0.2, 0.25) is 5.91 Å². The van der Waals surface area contributed by atoms with E-state index in [0.29, 0.717) is 23.7 Å². The highest BCUT2D eigenvalue weighted by atomic mass is 35.5. The minimum atomic E-state index is -0.224. The summed E-state index contributed by atoms with van der Waals surface area (Å²) in [6, 6.07) is 6.87. The summed E-state index contributed by atoms with van der Waals surface area (Å²) in [5, 5.41) is 6.11. The van der Waals surface area contributed by atoms with E-state index in [1.54, 1.807) is 24.3 Å². The summed E-state index contributed by atoms with van der Waals surface area (Å²) < 4.78 is 0. The van der Waals surface area contributed by atoms with Crippen LogP contribution in [0.25, 0.3) is 0 Å². The van der Waals surface area contributed by atoms with Crippen LogP contribution in [0.1, 0.15) is 36.5 Å². The van der Waals surface area contributed by atoms with Gasteiger partial charge in [-0.25, -0.2) is 0 Å². The van der Waals surface area contributed by atoms with Crippen molar-refractivity contribution in [3.63, 3.8) is 0 Å². The zero-order chi connectivity index (χ0) is 16.7. The van der Waals surface area contributed by atoms with E-state index < -0.39 is 0 Å². The topological polar surface area (TPSA) is 61.4 Å². The molecule has 1 saturated heterocycles. The van der Waals surface area contributed by atoms with Gasteiger partial charge in [0.25, 0.3) is 5.91 Å². The second-order valence-electron chi connectivity index (χ2n) is 5.67. The summed E-state index contributed by atoms with van der Waals surface area (Å²) in [4.78, 5) is 26.5. The van der Waals surface area contributed by atoms with Crippen LogP contribution >= 0.6 is 11.6 Å². The molecule has 2 rings (SSSR count). The fourth-order valence-corrected chi connectivity index (χ4v) is 3.11. The number of likely N-dealkylation sites (tertiary alicyclic amines) is 1. The molecule has 1 aromatic carbocycles. The van der Waals surface area contributed by atoms with Crippen LogP contribution in [0, 0.1) is 0 Å². The van der Waals surface area contributed by atoms with E-state index in [1.807, 2.05) is 0 Å².